The van der Waals surface area contributed by atoms with E-state index >= 15 is 0 Å². The number of aliphatic hydroxyl groups is 1. The third-order valence-corrected chi connectivity index (χ3v) is 6.14. The highest BCUT2D eigenvalue weighted by Crippen LogP contribution is 2.48. The summed E-state index contributed by atoms with van der Waals surface area (Å²) in [7, 11) is 0. The summed E-state index contributed by atoms with van der Waals surface area (Å²) in [6.45, 7) is 0. The van der Waals surface area contributed by atoms with Crippen LogP contribution in [0.2, 0.25) is 10.0 Å². The maximum absolute atomic E-state index is 13.4. The molecule has 2 aliphatic rings. The van der Waals surface area contributed by atoms with Crippen molar-refractivity contribution in [3.8, 4) is 0 Å². The fraction of sp³-hybridized carbons (Fsp3) is 0.130. The summed E-state index contributed by atoms with van der Waals surface area (Å²) >= 11 is 12.1. The van der Waals surface area contributed by atoms with Crippen LogP contribution in [0.15, 0.2) is 77.9 Å². The largest absolute Gasteiger partial charge is 0.385 e. The number of halogens is 2. The van der Waals surface area contributed by atoms with Gasteiger partial charge in [-0.25, -0.2) is 5.01 Å². The zero-order chi connectivity index (χ0) is 20.9. The topological polar surface area (TPSA) is 64.9 Å². The third kappa shape index (κ3) is 2.89. The van der Waals surface area contributed by atoms with Gasteiger partial charge in [-0.3, -0.25) is 4.79 Å². The summed E-state index contributed by atoms with van der Waals surface area (Å²) in [5.41, 5.74) is 2.14. The van der Waals surface area contributed by atoms with E-state index in [2.05, 4.69) is 5.32 Å². The summed E-state index contributed by atoms with van der Waals surface area (Å²) < 4.78 is 0. The van der Waals surface area contributed by atoms with E-state index in [1.165, 1.54) is 0 Å². The number of rotatable bonds is 2. The van der Waals surface area contributed by atoms with Crippen LogP contribution < -0.4 is 10.3 Å². The highest BCUT2D eigenvalue weighted by molar-refractivity contribution is 6.31. The van der Waals surface area contributed by atoms with E-state index in [4.69, 9.17) is 28.3 Å². The number of nitrogens with one attached hydrogen (secondary N) is 1. The van der Waals surface area contributed by atoms with Gasteiger partial charge >= 0.3 is 0 Å². The zero-order valence-electron chi connectivity index (χ0n) is 15.7. The van der Waals surface area contributed by atoms with Crippen LogP contribution in [0.5, 0.6) is 0 Å². The summed E-state index contributed by atoms with van der Waals surface area (Å²) in [5, 5.41) is 22.0. The first-order valence-electron chi connectivity index (χ1n) is 9.47. The van der Waals surface area contributed by atoms with Crippen molar-refractivity contribution in [1.29, 1.82) is 0 Å². The van der Waals surface area contributed by atoms with Crippen molar-refractivity contribution in [2.24, 2.45) is 5.10 Å². The van der Waals surface area contributed by atoms with Crippen molar-refractivity contribution < 1.29 is 9.90 Å². The Morgan fingerprint density at radius 2 is 1.60 bits per heavy atom. The number of aliphatic hydroxyl groups excluding tert-OH is 1. The molecule has 0 saturated heterocycles. The van der Waals surface area contributed by atoms with Gasteiger partial charge in [-0.05, 0) is 48.0 Å². The molecule has 7 heteroatoms. The van der Waals surface area contributed by atoms with Crippen LogP contribution >= 0.6 is 23.2 Å². The van der Waals surface area contributed by atoms with Gasteiger partial charge in [0.05, 0.1) is 11.4 Å². The van der Waals surface area contributed by atoms with Crippen LogP contribution in [0.3, 0.4) is 0 Å². The van der Waals surface area contributed by atoms with Crippen LogP contribution in [-0.4, -0.2) is 22.3 Å². The van der Waals surface area contributed by atoms with Crippen LogP contribution in [0.4, 0.5) is 11.4 Å². The van der Waals surface area contributed by atoms with E-state index in [0.29, 0.717) is 32.7 Å². The fourth-order valence-corrected chi connectivity index (χ4v) is 4.35. The molecule has 2 N–H and O–H groups in total. The molecule has 2 aliphatic heterocycles. The van der Waals surface area contributed by atoms with Crippen LogP contribution in [0.25, 0.3) is 0 Å². The molecule has 0 aromatic heterocycles. The normalized spacial score (nSPS) is 22.6. The molecule has 2 atom stereocenters. The predicted molar refractivity (Wildman–Crippen MR) is 119 cm³/mol. The van der Waals surface area contributed by atoms with E-state index < -0.39 is 11.6 Å². The highest BCUT2D eigenvalue weighted by atomic mass is 35.5. The van der Waals surface area contributed by atoms with E-state index in [1.54, 1.807) is 47.5 Å². The number of hydrazone groups is 1. The SMILES string of the molecule is O=C1Nc2ccccc2[C@@H](O)[C@]12CC(c1ccc(Cl)cc1)=NN2c1ccc(Cl)cc1. The molecular formula is C23H17Cl2N3O2. The lowest BCUT2D eigenvalue weighted by molar-refractivity contribution is -0.125. The van der Waals surface area contributed by atoms with E-state index in [-0.39, 0.29) is 12.3 Å². The first-order chi connectivity index (χ1) is 14.5. The molecule has 1 spiro atoms. The molecule has 5 rings (SSSR count). The Morgan fingerprint density at radius 3 is 2.30 bits per heavy atom. The van der Waals surface area contributed by atoms with Gasteiger partial charge in [0.25, 0.3) is 5.91 Å². The number of benzene rings is 3. The third-order valence-electron chi connectivity index (χ3n) is 5.63. The number of fused-ring (bicyclic) bond motifs is 1. The number of hydrogen-bond acceptors (Lipinski definition) is 4. The van der Waals surface area contributed by atoms with Crippen LogP contribution in [-0.2, 0) is 4.79 Å². The predicted octanol–water partition coefficient (Wildman–Crippen LogP) is 5.03. The Labute approximate surface area is 183 Å². The fourth-order valence-electron chi connectivity index (χ4n) is 4.10. The minimum atomic E-state index is -1.32. The van der Waals surface area contributed by atoms with Crippen molar-refractivity contribution in [1.82, 2.24) is 0 Å². The number of hydrogen-bond donors (Lipinski definition) is 2. The molecule has 1 amide bonds. The van der Waals surface area contributed by atoms with Crippen molar-refractivity contribution in [3.63, 3.8) is 0 Å². The quantitative estimate of drug-likeness (QED) is 0.590. The highest BCUT2D eigenvalue weighted by Gasteiger charge is 2.58. The average Bonchev–Trinajstić information content (AvgIpc) is 3.15. The van der Waals surface area contributed by atoms with Gasteiger partial charge in [0.1, 0.15) is 6.10 Å². The number of nitrogens with zero attached hydrogens (tertiary/aromatic N) is 2. The van der Waals surface area contributed by atoms with Crippen LogP contribution in [0, 0.1) is 0 Å². The molecule has 3 aromatic carbocycles. The summed E-state index contributed by atoms with van der Waals surface area (Å²) in [5.74, 6) is -0.309. The minimum absolute atomic E-state index is 0.235. The molecule has 0 radical (unpaired) electrons. The van der Waals surface area contributed by atoms with E-state index in [1.807, 2.05) is 30.3 Å². The lowest BCUT2D eigenvalue weighted by Crippen LogP contribution is -2.59. The van der Waals surface area contributed by atoms with Gasteiger partial charge in [-0.1, -0.05) is 53.5 Å². The number of carbonyl (C=O) groups excluding carboxylic acids is 1. The molecule has 0 bridgehead atoms. The van der Waals surface area contributed by atoms with Crippen LogP contribution in [0.1, 0.15) is 23.7 Å². The lowest BCUT2D eigenvalue weighted by Gasteiger charge is -2.43. The molecule has 30 heavy (non-hydrogen) atoms. The van der Waals surface area contributed by atoms with Gasteiger partial charge in [-0.2, -0.15) is 5.10 Å². The second-order valence-corrected chi connectivity index (χ2v) is 8.26. The molecule has 5 nitrogen and oxygen atoms in total. The van der Waals surface area contributed by atoms with Gasteiger partial charge in [0.15, 0.2) is 5.54 Å². The molecule has 0 aliphatic carbocycles. The van der Waals surface area contributed by atoms with Crippen molar-refractivity contribution >= 4 is 46.2 Å². The number of anilines is 2. The number of carbonyl (C=O) groups is 1. The Bertz CT molecular complexity index is 1160. The summed E-state index contributed by atoms with van der Waals surface area (Å²) in [4.78, 5) is 13.4. The maximum Gasteiger partial charge on any atom is 0.255 e. The van der Waals surface area contributed by atoms with Gasteiger partial charge in [-0.15, -0.1) is 0 Å². The molecule has 0 fully saturated rings. The smallest absolute Gasteiger partial charge is 0.255 e. The average molecular weight is 438 g/mol. The Hall–Kier alpha value is -2.86. The standard InChI is InChI=1S/C23H17Cl2N3O2/c24-15-7-5-14(6-8-15)20-13-23(28(27-20)17-11-9-16(25)10-12-17)21(29)18-3-1-2-4-19(18)26-22(23)30/h1-12,21,29H,13H2,(H,26,30)/t21-,23-/m1/s1. The summed E-state index contributed by atoms with van der Waals surface area (Å²) in [6.07, 6.45) is -0.842. The second-order valence-electron chi connectivity index (χ2n) is 7.39. The van der Waals surface area contributed by atoms with Crippen molar-refractivity contribution in [2.45, 2.75) is 18.1 Å². The molecule has 2 heterocycles. The van der Waals surface area contributed by atoms with Crippen molar-refractivity contribution in [2.75, 3.05) is 10.3 Å². The first-order valence-corrected chi connectivity index (χ1v) is 10.2. The Kier molecular flexibility index (Phi) is 4.54. The first kappa shape index (κ1) is 19.1. The Balaban J connectivity index is 1.67. The number of para-hydroxylation sites is 1. The van der Waals surface area contributed by atoms with E-state index in [9.17, 15) is 9.90 Å². The molecule has 150 valence electrons. The minimum Gasteiger partial charge on any atom is -0.385 e. The second kappa shape index (κ2) is 7.13. The molecule has 0 saturated carbocycles. The van der Waals surface area contributed by atoms with Gasteiger partial charge in [0.2, 0.25) is 0 Å². The zero-order valence-corrected chi connectivity index (χ0v) is 17.2. The van der Waals surface area contributed by atoms with Crippen molar-refractivity contribution in [3.05, 3.63) is 94.0 Å². The molecule has 3 aromatic rings. The van der Waals surface area contributed by atoms with Gasteiger partial charge < -0.3 is 10.4 Å². The monoisotopic (exact) mass is 437 g/mol. The summed E-state index contributed by atoms with van der Waals surface area (Å²) in [6, 6.07) is 21.6. The molecule has 0 unspecified atom stereocenters. The maximum atomic E-state index is 13.4. The Morgan fingerprint density at radius 1 is 0.967 bits per heavy atom. The van der Waals surface area contributed by atoms with E-state index in [0.717, 1.165) is 5.56 Å². The number of amides is 1. The van der Waals surface area contributed by atoms with Gasteiger partial charge in [0, 0.05) is 27.7 Å². The molecular weight excluding hydrogens is 421 g/mol. The lowest BCUT2D eigenvalue weighted by atomic mass is 9.78.